The molecule has 2 aromatic rings. The maximum atomic E-state index is 12.3. The number of hydrogen-bond acceptors (Lipinski definition) is 7. The molecule has 7 heteroatoms. The molecule has 0 aliphatic carbocycles. The molecule has 0 bridgehead atoms. The molecule has 0 spiro atoms. The Morgan fingerprint density at radius 2 is 1.63 bits per heavy atom. The summed E-state index contributed by atoms with van der Waals surface area (Å²) in [4.78, 5) is 12.3. The van der Waals surface area contributed by atoms with Gasteiger partial charge < -0.3 is 28.4 Å². The zero-order chi connectivity index (χ0) is 22.3. The van der Waals surface area contributed by atoms with E-state index in [1.165, 1.54) is 35.5 Å². The minimum Gasteiger partial charge on any atom is -0.493 e. The smallest absolute Gasteiger partial charge is 0.337 e. The summed E-state index contributed by atoms with van der Waals surface area (Å²) >= 11 is 0. The molecule has 0 saturated carbocycles. The van der Waals surface area contributed by atoms with E-state index in [2.05, 4.69) is 13.2 Å². The summed E-state index contributed by atoms with van der Waals surface area (Å²) in [6.07, 6.45) is 1.67. The highest BCUT2D eigenvalue weighted by molar-refractivity contribution is 6.18. The first-order valence-corrected chi connectivity index (χ1v) is 8.97. The molecule has 0 unspecified atom stereocenters. The van der Waals surface area contributed by atoms with Crippen molar-refractivity contribution in [2.24, 2.45) is 0 Å². The summed E-state index contributed by atoms with van der Waals surface area (Å²) in [5.74, 6) is 0.708. The molecule has 2 aromatic carbocycles. The van der Waals surface area contributed by atoms with Crippen molar-refractivity contribution in [3.63, 3.8) is 0 Å². The molecule has 2 rings (SSSR count). The molecule has 0 fully saturated rings. The molecule has 7 nitrogen and oxygen atoms in total. The fraction of sp³-hybridized carbons (Fsp3) is 0.261. The van der Waals surface area contributed by atoms with Gasteiger partial charge in [-0.25, -0.2) is 4.79 Å². The second-order valence-corrected chi connectivity index (χ2v) is 6.00. The molecule has 160 valence electrons. The first-order valence-electron chi connectivity index (χ1n) is 8.97. The normalized spacial score (nSPS) is 10.5. The van der Waals surface area contributed by atoms with Crippen molar-refractivity contribution < 1.29 is 33.2 Å². The Balaban J connectivity index is 2.92. The van der Waals surface area contributed by atoms with Crippen molar-refractivity contribution in [2.75, 3.05) is 35.5 Å². The van der Waals surface area contributed by atoms with Gasteiger partial charge in [0.05, 0.1) is 26.9 Å². The summed E-state index contributed by atoms with van der Waals surface area (Å²) in [5.41, 5.74) is 2.49. The second kappa shape index (κ2) is 10.5. The van der Waals surface area contributed by atoms with Gasteiger partial charge in [-0.3, -0.25) is 0 Å². The highest BCUT2D eigenvalue weighted by Gasteiger charge is 2.26. The molecule has 0 N–H and O–H groups in total. The molecule has 0 heterocycles. The number of esters is 1. The standard InChI is InChI=1S/C23H26O7/c1-8-15-10-9-11-17(30-23(28-6)29-7)19(15)20-16(14(2)22(24)27-5)12-13-18(25-3)21(20)26-4/h8-13,23H,1-2H2,3-7H3. The number of hydrogen-bond donors (Lipinski definition) is 0. The number of carbonyl (C=O) groups excluding carboxylic acids is 1. The van der Waals surface area contributed by atoms with Gasteiger partial charge in [-0.1, -0.05) is 31.4 Å². The Bertz CT molecular complexity index is 929. The number of rotatable bonds is 10. The Morgan fingerprint density at radius 1 is 0.933 bits per heavy atom. The van der Waals surface area contributed by atoms with Crippen LogP contribution in [0.4, 0.5) is 0 Å². The third-order valence-electron chi connectivity index (χ3n) is 4.44. The monoisotopic (exact) mass is 414 g/mol. The highest BCUT2D eigenvalue weighted by atomic mass is 16.8. The van der Waals surface area contributed by atoms with E-state index < -0.39 is 12.4 Å². The highest BCUT2D eigenvalue weighted by Crippen LogP contribution is 2.48. The van der Waals surface area contributed by atoms with Crippen LogP contribution in [0.15, 0.2) is 43.5 Å². The van der Waals surface area contributed by atoms with Crippen molar-refractivity contribution in [3.05, 3.63) is 54.6 Å². The van der Waals surface area contributed by atoms with E-state index in [0.29, 0.717) is 33.9 Å². The molecule has 0 saturated heterocycles. The fourth-order valence-corrected chi connectivity index (χ4v) is 3.04. The lowest BCUT2D eigenvalue weighted by molar-refractivity contribution is -0.218. The van der Waals surface area contributed by atoms with E-state index in [1.54, 1.807) is 30.3 Å². The lowest BCUT2D eigenvalue weighted by atomic mass is 9.90. The fourth-order valence-electron chi connectivity index (χ4n) is 3.04. The average Bonchev–Trinajstić information content (AvgIpc) is 2.79. The van der Waals surface area contributed by atoms with Crippen LogP contribution < -0.4 is 14.2 Å². The van der Waals surface area contributed by atoms with Crippen molar-refractivity contribution in [1.82, 2.24) is 0 Å². The summed E-state index contributed by atoms with van der Waals surface area (Å²) in [6, 6.07) is 8.81. The SMILES string of the molecule is C=Cc1cccc(OC(OC)OC)c1-c1c(C(=C)C(=O)OC)ccc(OC)c1OC. The minimum absolute atomic E-state index is 0.147. The van der Waals surface area contributed by atoms with Gasteiger partial charge in [-0.15, -0.1) is 0 Å². The van der Waals surface area contributed by atoms with E-state index in [4.69, 9.17) is 28.4 Å². The summed E-state index contributed by atoms with van der Waals surface area (Å²) in [6.45, 7) is 6.85. The van der Waals surface area contributed by atoms with Gasteiger partial charge in [0.1, 0.15) is 5.75 Å². The van der Waals surface area contributed by atoms with Gasteiger partial charge in [-0.05, 0) is 23.8 Å². The van der Waals surface area contributed by atoms with Crippen LogP contribution >= 0.6 is 0 Å². The lowest BCUT2D eigenvalue weighted by Crippen LogP contribution is -2.21. The quantitative estimate of drug-likeness (QED) is 0.328. The van der Waals surface area contributed by atoms with Gasteiger partial charge in [0.2, 0.25) is 0 Å². The Labute approximate surface area is 176 Å². The predicted octanol–water partition coefficient (Wildman–Crippen LogP) is 4.16. The van der Waals surface area contributed by atoms with Crippen molar-refractivity contribution in [1.29, 1.82) is 0 Å². The maximum Gasteiger partial charge on any atom is 0.337 e. The van der Waals surface area contributed by atoms with Crippen LogP contribution in [0.2, 0.25) is 0 Å². The first kappa shape index (κ1) is 23.0. The second-order valence-electron chi connectivity index (χ2n) is 6.00. The lowest BCUT2D eigenvalue weighted by Gasteiger charge is -2.23. The Kier molecular flexibility index (Phi) is 8.03. The summed E-state index contributed by atoms with van der Waals surface area (Å²) < 4.78 is 32.3. The van der Waals surface area contributed by atoms with Crippen LogP contribution in [-0.4, -0.2) is 48.0 Å². The van der Waals surface area contributed by atoms with Crippen LogP contribution in [0.5, 0.6) is 17.2 Å². The Morgan fingerprint density at radius 3 is 2.17 bits per heavy atom. The predicted molar refractivity (Wildman–Crippen MR) is 115 cm³/mol. The number of benzene rings is 2. The number of methoxy groups -OCH3 is 5. The van der Waals surface area contributed by atoms with Gasteiger partial charge in [-0.2, -0.15) is 0 Å². The van der Waals surface area contributed by atoms with Crippen molar-refractivity contribution in [3.8, 4) is 28.4 Å². The average molecular weight is 414 g/mol. The van der Waals surface area contributed by atoms with E-state index in [9.17, 15) is 4.79 Å². The molecule has 0 amide bonds. The molecular formula is C23H26O7. The van der Waals surface area contributed by atoms with E-state index in [1.807, 2.05) is 6.07 Å². The first-order chi connectivity index (χ1) is 14.5. The number of carbonyl (C=O) groups is 1. The minimum atomic E-state index is -0.951. The number of ether oxygens (including phenoxy) is 6. The molecule has 0 aliphatic heterocycles. The van der Waals surface area contributed by atoms with Crippen LogP contribution in [0.25, 0.3) is 22.8 Å². The van der Waals surface area contributed by atoms with Gasteiger partial charge in [0.15, 0.2) is 11.5 Å². The van der Waals surface area contributed by atoms with Crippen LogP contribution in [0, 0.1) is 0 Å². The van der Waals surface area contributed by atoms with Gasteiger partial charge in [0, 0.05) is 30.9 Å². The molecule has 0 aliphatic rings. The van der Waals surface area contributed by atoms with Crippen LogP contribution in [-0.2, 0) is 19.0 Å². The molecule has 0 radical (unpaired) electrons. The van der Waals surface area contributed by atoms with E-state index in [-0.39, 0.29) is 5.57 Å². The maximum absolute atomic E-state index is 12.3. The summed E-state index contributed by atoms with van der Waals surface area (Å²) in [7, 11) is 7.25. The van der Waals surface area contributed by atoms with E-state index in [0.717, 1.165) is 5.56 Å². The van der Waals surface area contributed by atoms with Crippen molar-refractivity contribution >= 4 is 17.6 Å². The largest absolute Gasteiger partial charge is 0.493 e. The topological polar surface area (TPSA) is 72.5 Å². The van der Waals surface area contributed by atoms with Crippen molar-refractivity contribution in [2.45, 2.75) is 6.48 Å². The molecular weight excluding hydrogens is 388 g/mol. The third kappa shape index (κ3) is 4.48. The zero-order valence-corrected chi connectivity index (χ0v) is 17.8. The Hall–Kier alpha value is -3.29. The van der Waals surface area contributed by atoms with Gasteiger partial charge >= 0.3 is 12.4 Å². The molecule has 30 heavy (non-hydrogen) atoms. The summed E-state index contributed by atoms with van der Waals surface area (Å²) in [5, 5.41) is 0. The third-order valence-corrected chi connectivity index (χ3v) is 4.44. The zero-order valence-electron chi connectivity index (χ0n) is 17.8. The van der Waals surface area contributed by atoms with Crippen LogP contribution in [0.3, 0.4) is 0 Å². The molecule has 0 atom stereocenters. The van der Waals surface area contributed by atoms with E-state index >= 15 is 0 Å². The van der Waals surface area contributed by atoms with Crippen LogP contribution in [0.1, 0.15) is 11.1 Å². The molecule has 0 aromatic heterocycles. The van der Waals surface area contributed by atoms with Gasteiger partial charge in [0.25, 0.3) is 0 Å².